The van der Waals surface area contributed by atoms with Crippen LogP contribution in [0.1, 0.15) is 30.8 Å². The number of imidazole rings is 1. The van der Waals surface area contributed by atoms with Crippen LogP contribution in [-0.2, 0) is 6.54 Å². The normalized spacial score (nSPS) is 12.9. The van der Waals surface area contributed by atoms with E-state index >= 15 is 0 Å². The predicted octanol–water partition coefficient (Wildman–Crippen LogP) is 1.42. The average Bonchev–Trinajstić information content (AvgIpc) is 3.04. The molecule has 6 heteroatoms. The third-order valence-corrected chi connectivity index (χ3v) is 3.11. The molecule has 0 saturated heterocycles. The molecule has 0 aliphatic heterocycles. The maximum absolute atomic E-state index is 10.5. The predicted molar refractivity (Wildman–Crippen MR) is 69.6 cm³/mol. The monoisotopic (exact) mass is 257 g/mol. The Labute approximate surface area is 110 Å². The molecule has 1 N–H and O–H groups in total. The Morgan fingerprint density at radius 3 is 3.00 bits per heavy atom. The molecule has 98 valence electrons. The van der Waals surface area contributed by atoms with E-state index in [4.69, 9.17) is 0 Å². The molecule has 6 nitrogen and oxygen atoms in total. The van der Waals surface area contributed by atoms with E-state index < -0.39 is 6.10 Å². The summed E-state index contributed by atoms with van der Waals surface area (Å²) >= 11 is 0. The lowest BCUT2D eigenvalue weighted by molar-refractivity contribution is 0.205. The molecule has 0 radical (unpaired) electrons. The van der Waals surface area contributed by atoms with E-state index in [9.17, 15) is 5.11 Å². The minimum atomic E-state index is -0.789. The van der Waals surface area contributed by atoms with Gasteiger partial charge in [-0.25, -0.2) is 9.50 Å². The van der Waals surface area contributed by atoms with E-state index in [-0.39, 0.29) is 0 Å². The first-order chi connectivity index (χ1) is 9.31. The number of hydrogen-bond donors (Lipinski definition) is 1. The zero-order chi connectivity index (χ0) is 13.2. The standard InChI is InChI=1S/C13H15N5O/c1-2-5-17-6-4-15-13(17)12(19)10-8-16-18-7-3-14-9-11(10)18/h3-4,6-9,12,19H,2,5H2,1H3. The van der Waals surface area contributed by atoms with E-state index in [1.807, 2.05) is 10.8 Å². The summed E-state index contributed by atoms with van der Waals surface area (Å²) in [5.41, 5.74) is 1.51. The molecule has 1 atom stereocenters. The molecule has 3 rings (SSSR count). The van der Waals surface area contributed by atoms with Crippen molar-refractivity contribution >= 4 is 5.52 Å². The summed E-state index contributed by atoms with van der Waals surface area (Å²) in [5.74, 6) is 0.639. The van der Waals surface area contributed by atoms with Crippen LogP contribution in [0.3, 0.4) is 0 Å². The fourth-order valence-corrected chi connectivity index (χ4v) is 2.20. The Bertz CT molecular complexity index is 687. The molecular weight excluding hydrogens is 242 g/mol. The number of aryl methyl sites for hydroxylation is 1. The van der Waals surface area contributed by atoms with Gasteiger partial charge in [-0.2, -0.15) is 5.10 Å². The molecule has 0 aliphatic carbocycles. The minimum Gasteiger partial charge on any atom is -0.380 e. The van der Waals surface area contributed by atoms with Crippen LogP contribution >= 0.6 is 0 Å². The zero-order valence-corrected chi connectivity index (χ0v) is 10.6. The van der Waals surface area contributed by atoms with Crippen molar-refractivity contribution < 1.29 is 5.11 Å². The summed E-state index contributed by atoms with van der Waals surface area (Å²) in [4.78, 5) is 8.32. The number of hydrogen-bond acceptors (Lipinski definition) is 4. The molecule has 3 aromatic rings. The highest BCUT2D eigenvalue weighted by atomic mass is 16.3. The van der Waals surface area contributed by atoms with Crippen LogP contribution in [0.15, 0.2) is 37.2 Å². The summed E-state index contributed by atoms with van der Waals surface area (Å²) in [6, 6.07) is 0. The lowest BCUT2D eigenvalue weighted by atomic mass is 10.1. The zero-order valence-electron chi connectivity index (χ0n) is 10.6. The topological polar surface area (TPSA) is 68.2 Å². The Morgan fingerprint density at radius 1 is 1.26 bits per heavy atom. The highest BCUT2D eigenvalue weighted by Crippen LogP contribution is 2.24. The fourth-order valence-electron chi connectivity index (χ4n) is 2.20. The van der Waals surface area contributed by atoms with Crippen LogP contribution in [0.2, 0.25) is 0 Å². The van der Waals surface area contributed by atoms with Gasteiger partial charge < -0.3 is 9.67 Å². The molecule has 3 aromatic heterocycles. The van der Waals surface area contributed by atoms with Gasteiger partial charge in [0.15, 0.2) is 0 Å². The molecule has 1 unspecified atom stereocenters. The second-order valence-corrected chi connectivity index (χ2v) is 4.39. The van der Waals surface area contributed by atoms with Crippen LogP contribution in [0, 0.1) is 0 Å². The molecule has 0 amide bonds. The van der Waals surface area contributed by atoms with Crippen LogP contribution in [0.4, 0.5) is 0 Å². The SMILES string of the molecule is CCCn1ccnc1C(O)c1cnn2ccncc12. The summed E-state index contributed by atoms with van der Waals surface area (Å²) in [6.45, 7) is 2.93. The van der Waals surface area contributed by atoms with Crippen LogP contribution in [-0.4, -0.2) is 29.3 Å². The number of nitrogens with zero attached hydrogens (tertiary/aromatic N) is 5. The first kappa shape index (κ1) is 11.9. The van der Waals surface area contributed by atoms with Gasteiger partial charge in [-0.05, 0) is 6.42 Å². The Hall–Kier alpha value is -2.21. The highest BCUT2D eigenvalue weighted by molar-refractivity contribution is 5.53. The lowest BCUT2D eigenvalue weighted by Crippen LogP contribution is -2.09. The van der Waals surface area contributed by atoms with E-state index in [0.29, 0.717) is 5.82 Å². The van der Waals surface area contributed by atoms with Crippen molar-refractivity contribution in [3.63, 3.8) is 0 Å². The van der Waals surface area contributed by atoms with E-state index in [1.165, 1.54) is 0 Å². The quantitative estimate of drug-likeness (QED) is 0.767. The first-order valence-corrected chi connectivity index (χ1v) is 6.27. The summed E-state index contributed by atoms with van der Waals surface area (Å²) in [6.07, 6.45) is 10.6. The van der Waals surface area contributed by atoms with Crippen molar-refractivity contribution in [2.45, 2.75) is 26.0 Å². The van der Waals surface area contributed by atoms with Gasteiger partial charge in [0.2, 0.25) is 0 Å². The molecule has 3 heterocycles. The van der Waals surface area contributed by atoms with Gasteiger partial charge in [0.05, 0.1) is 17.9 Å². The van der Waals surface area contributed by atoms with Crippen LogP contribution in [0.25, 0.3) is 5.52 Å². The molecule has 0 bridgehead atoms. The molecule has 0 fully saturated rings. The van der Waals surface area contributed by atoms with E-state index in [1.54, 1.807) is 35.5 Å². The number of aliphatic hydroxyl groups excluding tert-OH is 1. The van der Waals surface area contributed by atoms with Gasteiger partial charge >= 0.3 is 0 Å². The average molecular weight is 257 g/mol. The summed E-state index contributed by atoms with van der Waals surface area (Å²) < 4.78 is 3.66. The molecule has 0 aromatic carbocycles. The minimum absolute atomic E-state index is 0.639. The largest absolute Gasteiger partial charge is 0.380 e. The number of aliphatic hydroxyl groups is 1. The second-order valence-electron chi connectivity index (χ2n) is 4.39. The smallest absolute Gasteiger partial charge is 0.142 e. The van der Waals surface area contributed by atoms with Gasteiger partial charge in [0.25, 0.3) is 0 Å². The van der Waals surface area contributed by atoms with Crippen molar-refractivity contribution in [2.75, 3.05) is 0 Å². The molecular formula is C13H15N5O. The summed E-state index contributed by atoms with van der Waals surface area (Å²) in [5, 5.41) is 14.7. The van der Waals surface area contributed by atoms with Gasteiger partial charge in [0.1, 0.15) is 11.9 Å². The van der Waals surface area contributed by atoms with Crippen LogP contribution < -0.4 is 0 Å². The van der Waals surface area contributed by atoms with Crippen molar-refractivity contribution in [3.8, 4) is 0 Å². The third-order valence-electron chi connectivity index (χ3n) is 3.11. The fraction of sp³-hybridized carbons (Fsp3) is 0.308. The summed E-state index contributed by atoms with van der Waals surface area (Å²) in [7, 11) is 0. The van der Waals surface area contributed by atoms with Gasteiger partial charge in [-0.3, -0.25) is 4.98 Å². The highest BCUT2D eigenvalue weighted by Gasteiger charge is 2.20. The number of rotatable bonds is 4. The second kappa shape index (κ2) is 4.81. The van der Waals surface area contributed by atoms with Crippen molar-refractivity contribution in [3.05, 3.63) is 48.6 Å². The molecule has 0 aliphatic rings. The van der Waals surface area contributed by atoms with Crippen molar-refractivity contribution in [1.29, 1.82) is 0 Å². The van der Waals surface area contributed by atoms with Gasteiger partial charge in [-0.1, -0.05) is 6.92 Å². The van der Waals surface area contributed by atoms with Crippen molar-refractivity contribution in [2.24, 2.45) is 0 Å². The Morgan fingerprint density at radius 2 is 2.16 bits per heavy atom. The van der Waals surface area contributed by atoms with Gasteiger partial charge in [0, 0.05) is 36.9 Å². The van der Waals surface area contributed by atoms with Crippen LogP contribution in [0.5, 0.6) is 0 Å². The molecule has 19 heavy (non-hydrogen) atoms. The maximum atomic E-state index is 10.5. The maximum Gasteiger partial charge on any atom is 0.142 e. The molecule has 0 saturated carbocycles. The van der Waals surface area contributed by atoms with E-state index in [0.717, 1.165) is 24.0 Å². The third kappa shape index (κ3) is 2.00. The van der Waals surface area contributed by atoms with Gasteiger partial charge in [-0.15, -0.1) is 0 Å². The lowest BCUT2D eigenvalue weighted by Gasteiger charge is -2.11. The Balaban J connectivity index is 2.03. The number of fused-ring (bicyclic) bond motifs is 1. The molecule has 0 spiro atoms. The van der Waals surface area contributed by atoms with E-state index in [2.05, 4.69) is 22.0 Å². The number of aromatic nitrogens is 5. The van der Waals surface area contributed by atoms with Crippen molar-refractivity contribution in [1.82, 2.24) is 24.1 Å². The first-order valence-electron chi connectivity index (χ1n) is 6.27. The Kier molecular flexibility index (Phi) is 3.00.